The van der Waals surface area contributed by atoms with Crippen LogP contribution in [0.4, 0.5) is 5.69 Å². The van der Waals surface area contributed by atoms with Gasteiger partial charge in [-0.25, -0.2) is 0 Å². The highest BCUT2D eigenvalue weighted by Crippen LogP contribution is 2.29. The highest BCUT2D eigenvalue weighted by molar-refractivity contribution is 5.59. The molecule has 0 aliphatic carbocycles. The smallest absolute Gasteiger partial charge is 0.116 e. The lowest BCUT2D eigenvalue weighted by Crippen LogP contribution is -2.12. The summed E-state index contributed by atoms with van der Waals surface area (Å²) in [5.74, 6) is 0.191. The van der Waals surface area contributed by atoms with E-state index in [0.717, 1.165) is 5.56 Å². The number of phenols is 1. The van der Waals surface area contributed by atoms with Crippen LogP contribution >= 0.6 is 0 Å². The van der Waals surface area contributed by atoms with Crippen molar-refractivity contribution in [1.29, 1.82) is 0 Å². The van der Waals surface area contributed by atoms with E-state index in [-0.39, 0.29) is 5.75 Å². The molecule has 0 saturated heterocycles. The Balaban J connectivity index is 2.41. The van der Waals surface area contributed by atoms with Crippen molar-refractivity contribution in [3.05, 3.63) is 23.8 Å². The molecule has 2 nitrogen and oxygen atoms in total. The van der Waals surface area contributed by atoms with Crippen molar-refractivity contribution in [2.45, 2.75) is 6.42 Å². The maximum absolute atomic E-state index is 9.23. The van der Waals surface area contributed by atoms with Crippen LogP contribution in [0.15, 0.2) is 18.2 Å². The van der Waals surface area contributed by atoms with Crippen LogP contribution in [0.2, 0.25) is 0 Å². The van der Waals surface area contributed by atoms with E-state index in [2.05, 4.69) is 0 Å². The van der Waals surface area contributed by atoms with Gasteiger partial charge in [-0.15, -0.1) is 0 Å². The molecular weight excluding hydrogens is 138 g/mol. The molecule has 2 rings (SSSR count). The Hall–Kier alpha value is -1.18. The van der Waals surface area contributed by atoms with E-state index >= 15 is 0 Å². The number of benzene rings is 1. The van der Waals surface area contributed by atoms with Gasteiger partial charge in [0.2, 0.25) is 0 Å². The molecule has 1 aromatic carbocycles. The first kappa shape index (κ1) is 4.00. The zero-order valence-corrected chi connectivity index (χ0v) is 6.04. The third-order valence-electron chi connectivity index (χ3n) is 1.96. The van der Waals surface area contributed by atoms with Gasteiger partial charge in [0.25, 0.3) is 0 Å². The van der Waals surface area contributed by atoms with Gasteiger partial charge in [0.15, 0.2) is 0 Å². The standard InChI is InChI=1S/C9H11NO/c1-10-5-4-7-6-8(11)2-3-9(7)10/h2-3,6,11H,4-5H2,1H3/i1D3. The van der Waals surface area contributed by atoms with Gasteiger partial charge in [0.1, 0.15) is 5.75 Å². The van der Waals surface area contributed by atoms with Crippen LogP contribution in [-0.2, 0) is 6.42 Å². The molecular formula is C9H11NO. The van der Waals surface area contributed by atoms with Gasteiger partial charge in [-0.3, -0.25) is 0 Å². The summed E-state index contributed by atoms with van der Waals surface area (Å²) < 4.78 is 21.9. The summed E-state index contributed by atoms with van der Waals surface area (Å²) >= 11 is 0. The predicted octanol–water partition coefficient (Wildman–Crippen LogP) is 1.38. The zero-order chi connectivity index (χ0) is 10.3. The average molecular weight is 152 g/mol. The number of hydrogen-bond acceptors (Lipinski definition) is 2. The minimum Gasteiger partial charge on any atom is -0.508 e. The van der Waals surface area contributed by atoms with Gasteiger partial charge < -0.3 is 10.0 Å². The number of phenolic OH excluding ortho intramolecular Hbond substituents is 1. The monoisotopic (exact) mass is 152 g/mol. The number of likely N-dealkylation sites (N-methyl/N-ethyl adjacent to an activating group) is 1. The van der Waals surface area contributed by atoms with Crippen LogP contribution in [0.3, 0.4) is 0 Å². The van der Waals surface area contributed by atoms with Gasteiger partial charge >= 0.3 is 0 Å². The van der Waals surface area contributed by atoms with Crippen LogP contribution < -0.4 is 4.90 Å². The third kappa shape index (κ3) is 0.946. The molecule has 1 N–H and O–H groups in total. The van der Waals surface area contributed by atoms with Crippen molar-refractivity contribution in [2.24, 2.45) is 0 Å². The molecule has 0 atom stereocenters. The molecule has 0 spiro atoms. The van der Waals surface area contributed by atoms with Crippen molar-refractivity contribution in [1.82, 2.24) is 0 Å². The van der Waals surface area contributed by atoms with E-state index in [4.69, 9.17) is 4.11 Å². The Bertz CT molecular complexity index is 362. The quantitative estimate of drug-likeness (QED) is 0.607. The summed E-state index contributed by atoms with van der Waals surface area (Å²) in [5, 5.41) is 9.23. The number of nitrogens with zero attached hydrogens (tertiary/aromatic N) is 1. The van der Waals surface area contributed by atoms with Gasteiger partial charge in [-0.05, 0) is 30.2 Å². The van der Waals surface area contributed by atoms with Gasteiger partial charge in [-0.1, -0.05) is 0 Å². The second-order valence-corrected chi connectivity index (χ2v) is 2.71. The molecule has 1 aromatic rings. The van der Waals surface area contributed by atoms with Crippen LogP contribution in [0, 0.1) is 0 Å². The molecule has 0 radical (unpaired) electrons. The molecule has 0 fully saturated rings. The maximum atomic E-state index is 9.23. The fourth-order valence-corrected chi connectivity index (χ4v) is 1.39. The minimum absolute atomic E-state index is 0.191. The van der Waals surface area contributed by atoms with E-state index in [0.29, 0.717) is 18.7 Å². The van der Waals surface area contributed by atoms with Crippen molar-refractivity contribution >= 4 is 5.69 Å². The number of rotatable bonds is 0. The molecule has 0 saturated carbocycles. The first-order valence-corrected chi connectivity index (χ1v) is 3.58. The third-order valence-corrected chi connectivity index (χ3v) is 1.96. The largest absolute Gasteiger partial charge is 0.508 e. The van der Waals surface area contributed by atoms with Gasteiger partial charge in [-0.2, -0.15) is 0 Å². The van der Waals surface area contributed by atoms with Crippen LogP contribution in [0.1, 0.15) is 9.68 Å². The Morgan fingerprint density at radius 2 is 2.55 bits per heavy atom. The summed E-state index contributed by atoms with van der Waals surface area (Å²) in [5.41, 5.74) is 1.61. The molecule has 0 bridgehead atoms. The molecule has 58 valence electrons. The second kappa shape index (κ2) is 2.16. The average Bonchev–Trinajstić information content (AvgIpc) is 2.45. The van der Waals surface area contributed by atoms with E-state index in [9.17, 15) is 5.11 Å². The summed E-state index contributed by atoms with van der Waals surface area (Å²) in [7, 11) is 0. The molecule has 11 heavy (non-hydrogen) atoms. The maximum Gasteiger partial charge on any atom is 0.116 e. The van der Waals surface area contributed by atoms with Crippen LogP contribution in [0.25, 0.3) is 0 Å². The number of fused-ring (bicyclic) bond motifs is 1. The molecule has 0 unspecified atom stereocenters. The summed E-state index contributed by atoms with van der Waals surface area (Å²) in [6, 6.07) is 4.80. The van der Waals surface area contributed by atoms with E-state index < -0.39 is 6.98 Å². The van der Waals surface area contributed by atoms with E-state index in [1.165, 1.54) is 11.0 Å². The summed E-state index contributed by atoms with van der Waals surface area (Å²) in [6.07, 6.45) is 0.683. The lowest BCUT2D eigenvalue weighted by Gasteiger charge is -2.10. The SMILES string of the molecule is [2H]C([2H])([2H])N1CCc2cc(O)ccc21. The molecule has 1 heterocycles. The minimum atomic E-state index is -2.08. The second-order valence-electron chi connectivity index (χ2n) is 2.71. The summed E-state index contributed by atoms with van der Waals surface area (Å²) in [4.78, 5) is 1.39. The highest BCUT2D eigenvalue weighted by atomic mass is 16.3. The highest BCUT2D eigenvalue weighted by Gasteiger charge is 2.14. The fourth-order valence-electron chi connectivity index (χ4n) is 1.39. The first-order chi connectivity index (χ1) is 6.48. The number of hydrogen-bond donors (Lipinski definition) is 1. The van der Waals surface area contributed by atoms with Gasteiger partial charge in [0.05, 0.1) is 0 Å². The predicted molar refractivity (Wildman–Crippen MR) is 45.1 cm³/mol. The zero-order valence-electron chi connectivity index (χ0n) is 9.04. The summed E-state index contributed by atoms with van der Waals surface area (Å²) in [6.45, 7) is -1.59. The molecule has 1 aliphatic rings. The Labute approximate surface area is 70.3 Å². The number of anilines is 1. The fraction of sp³-hybridized carbons (Fsp3) is 0.333. The van der Waals surface area contributed by atoms with E-state index in [1.807, 2.05) is 0 Å². The molecule has 1 aliphatic heterocycles. The van der Waals surface area contributed by atoms with Gasteiger partial charge in [0, 0.05) is 23.3 Å². The Kier molecular flexibility index (Phi) is 0.784. The van der Waals surface area contributed by atoms with Crippen LogP contribution in [-0.4, -0.2) is 18.6 Å². The lowest BCUT2D eigenvalue weighted by atomic mass is 10.1. The van der Waals surface area contributed by atoms with E-state index in [1.54, 1.807) is 12.1 Å². The first-order valence-electron chi connectivity index (χ1n) is 5.08. The Morgan fingerprint density at radius 1 is 1.64 bits per heavy atom. The molecule has 2 heteroatoms. The normalized spacial score (nSPS) is 20.4. The lowest BCUT2D eigenvalue weighted by molar-refractivity contribution is 0.475. The molecule has 0 amide bonds. The van der Waals surface area contributed by atoms with Crippen LogP contribution in [0.5, 0.6) is 5.75 Å². The molecule has 0 aromatic heterocycles. The van der Waals surface area contributed by atoms with Crippen molar-refractivity contribution < 1.29 is 9.22 Å². The number of aromatic hydroxyl groups is 1. The topological polar surface area (TPSA) is 23.5 Å². The van der Waals surface area contributed by atoms with Crippen molar-refractivity contribution in [3.63, 3.8) is 0 Å². The van der Waals surface area contributed by atoms with Crippen molar-refractivity contribution in [3.8, 4) is 5.75 Å². The van der Waals surface area contributed by atoms with Crippen molar-refractivity contribution in [2.75, 3.05) is 18.4 Å². The Morgan fingerprint density at radius 3 is 3.36 bits per heavy atom.